The molecule has 2 atom stereocenters. The minimum Gasteiger partial charge on any atom is -0.328 e. The third-order valence-electron chi connectivity index (χ3n) is 2.93. The second-order valence-corrected chi connectivity index (χ2v) is 5.26. The zero-order chi connectivity index (χ0) is 10.2. The first-order valence-corrected chi connectivity index (χ1v) is 7.20. The number of hydrogen-bond donors (Lipinski definition) is 2. The summed E-state index contributed by atoms with van der Waals surface area (Å²) in [4.78, 5) is 0. The van der Waals surface area contributed by atoms with Crippen LogP contribution < -0.4 is 11.1 Å². The van der Waals surface area contributed by atoms with Gasteiger partial charge in [0.2, 0.25) is 0 Å². The lowest BCUT2D eigenvalue weighted by atomic mass is 10.2. The van der Waals surface area contributed by atoms with Gasteiger partial charge in [0.15, 0.2) is 0 Å². The van der Waals surface area contributed by atoms with E-state index in [1.807, 2.05) is 11.8 Å². The number of rotatable bonds is 7. The Morgan fingerprint density at radius 2 is 2.14 bits per heavy atom. The summed E-state index contributed by atoms with van der Waals surface area (Å²) in [5.74, 6) is 1.31. The third-order valence-corrected chi connectivity index (χ3v) is 3.63. The van der Waals surface area contributed by atoms with Crippen LogP contribution in [0, 0.1) is 0 Å². The largest absolute Gasteiger partial charge is 0.328 e. The summed E-state index contributed by atoms with van der Waals surface area (Å²) in [5, 5.41) is 3.60. The lowest BCUT2D eigenvalue weighted by Gasteiger charge is -2.11. The Bertz CT molecular complexity index is 141. The minimum atomic E-state index is 0.462. The molecule has 2 nitrogen and oxygen atoms in total. The van der Waals surface area contributed by atoms with Crippen molar-refractivity contribution in [3.05, 3.63) is 0 Å². The standard InChI is InChI=1S/C11H24N2S/c1-14-8-4-2-3-7-13-11-6-5-10(12)9-11/h10-11,13H,2-9,12H2,1H3. The zero-order valence-corrected chi connectivity index (χ0v) is 10.1. The molecule has 1 rings (SSSR count). The highest BCUT2D eigenvalue weighted by Gasteiger charge is 2.20. The molecule has 0 radical (unpaired) electrons. The normalized spacial score (nSPS) is 27.0. The van der Waals surface area contributed by atoms with Gasteiger partial charge in [-0.3, -0.25) is 0 Å². The fraction of sp³-hybridized carbons (Fsp3) is 1.00. The van der Waals surface area contributed by atoms with E-state index in [0.29, 0.717) is 12.1 Å². The van der Waals surface area contributed by atoms with E-state index in [1.54, 1.807) is 0 Å². The Kier molecular flexibility index (Phi) is 6.65. The molecule has 0 aromatic carbocycles. The van der Waals surface area contributed by atoms with Crippen LogP contribution >= 0.6 is 11.8 Å². The summed E-state index contributed by atoms with van der Waals surface area (Å²) in [6, 6.07) is 1.18. The van der Waals surface area contributed by atoms with E-state index in [-0.39, 0.29) is 0 Å². The van der Waals surface area contributed by atoms with Gasteiger partial charge in [-0.25, -0.2) is 0 Å². The van der Waals surface area contributed by atoms with Crippen molar-refractivity contribution in [2.24, 2.45) is 5.73 Å². The highest BCUT2D eigenvalue weighted by molar-refractivity contribution is 7.98. The maximum Gasteiger partial charge on any atom is 0.00823 e. The third kappa shape index (κ3) is 5.23. The van der Waals surface area contributed by atoms with Crippen molar-refractivity contribution in [1.82, 2.24) is 5.32 Å². The fourth-order valence-corrected chi connectivity index (χ4v) is 2.55. The van der Waals surface area contributed by atoms with E-state index in [9.17, 15) is 0 Å². The van der Waals surface area contributed by atoms with Gasteiger partial charge in [0, 0.05) is 12.1 Å². The molecule has 0 aromatic heterocycles. The monoisotopic (exact) mass is 216 g/mol. The molecule has 1 fully saturated rings. The second kappa shape index (κ2) is 7.55. The van der Waals surface area contributed by atoms with Crippen LogP contribution in [0.15, 0.2) is 0 Å². The van der Waals surface area contributed by atoms with Gasteiger partial charge in [-0.1, -0.05) is 6.42 Å². The Hall–Kier alpha value is 0.270. The Labute approximate surface area is 92.4 Å². The van der Waals surface area contributed by atoms with Crippen molar-refractivity contribution in [2.45, 2.75) is 50.6 Å². The Morgan fingerprint density at radius 1 is 1.29 bits per heavy atom. The van der Waals surface area contributed by atoms with E-state index >= 15 is 0 Å². The van der Waals surface area contributed by atoms with E-state index in [0.717, 1.165) is 0 Å². The molecule has 0 heterocycles. The van der Waals surface area contributed by atoms with Gasteiger partial charge in [-0.05, 0) is 50.7 Å². The summed E-state index contributed by atoms with van der Waals surface area (Å²) in [6.45, 7) is 1.19. The second-order valence-electron chi connectivity index (χ2n) is 4.28. The van der Waals surface area contributed by atoms with E-state index in [4.69, 9.17) is 5.73 Å². The van der Waals surface area contributed by atoms with E-state index in [1.165, 1.54) is 50.8 Å². The number of hydrogen-bond acceptors (Lipinski definition) is 3. The van der Waals surface area contributed by atoms with Crippen molar-refractivity contribution < 1.29 is 0 Å². The highest BCUT2D eigenvalue weighted by atomic mass is 32.2. The summed E-state index contributed by atoms with van der Waals surface area (Å²) in [5.41, 5.74) is 5.85. The highest BCUT2D eigenvalue weighted by Crippen LogP contribution is 2.16. The van der Waals surface area contributed by atoms with Gasteiger partial charge in [0.1, 0.15) is 0 Å². The van der Waals surface area contributed by atoms with Crippen molar-refractivity contribution in [1.29, 1.82) is 0 Å². The van der Waals surface area contributed by atoms with Gasteiger partial charge in [0.25, 0.3) is 0 Å². The molecule has 0 aliphatic heterocycles. The van der Waals surface area contributed by atoms with Gasteiger partial charge in [-0.2, -0.15) is 11.8 Å². The van der Waals surface area contributed by atoms with Crippen LogP contribution in [-0.2, 0) is 0 Å². The Balaban J connectivity index is 1.84. The molecule has 3 heteroatoms. The summed E-state index contributed by atoms with van der Waals surface area (Å²) >= 11 is 1.95. The SMILES string of the molecule is CSCCCCCNC1CCC(N)C1. The average Bonchev–Trinajstić information content (AvgIpc) is 2.58. The van der Waals surface area contributed by atoms with Crippen LogP contribution in [0.4, 0.5) is 0 Å². The maximum atomic E-state index is 5.85. The molecule has 0 spiro atoms. The molecule has 2 unspecified atom stereocenters. The summed E-state index contributed by atoms with van der Waals surface area (Å²) < 4.78 is 0. The Morgan fingerprint density at radius 3 is 2.79 bits per heavy atom. The lowest BCUT2D eigenvalue weighted by Crippen LogP contribution is -2.29. The fourth-order valence-electron chi connectivity index (χ4n) is 2.06. The molecule has 0 bridgehead atoms. The first-order valence-electron chi connectivity index (χ1n) is 5.81. The first-order chi connectivity index (χ1) is 6.83. The summed E-state index contributed by atoms with van der Waals surface area (Å²) in [7, 11) is 0. The molecule has 0 saturated heterocycles. The minimum absolute atomic E-state index is 0.462. The van der Waals surface area contributed by atoms with Gasteiger partial charge in [-0.15, -0.1) is 0 Å². The van der Waals surface area contributed by atoms with Gasteiger partial charge < -0.3 is 11.1 Å². The molecular weight excluding hydrogens is 192 g/mol. The van der Waals surface area contributed by atoms with Crippen molar-refractivity contribution in [3.63, 3.8) is 0 Å². The van der Waals surface area contributed by atoms with E-state index in [2.05, 4.69) is 11.6 Å². The van der Waals surface area contributed by atoms with Gasteiger partial charge in [0.05, 0.1) is 0 Å². The van der Waals surface area contributed by atoms with Crippen LogP contribution in [0.5, 0.6) is 0 Å². The smallest absolute Gasteiger partial charge is 0.00823 e. The van der Waals surface area contributed by atoms with Crippen LogP contribution in [0.3, 0.4) is 0 Å². The van der Waals surface area contributed by atoms with E-state index < -0.39 is 0 Å². The number of thioether (sulfide) groups is 1. The van der Waals surface area contributed by atoms with Crippen LogP contribution in [0.1, 0.15) is 38.5 Å². The maximum absolute atomic E-state index is 5.85. The predicted octanol–water partition coefficient (Wildman–Crippen LogP) is 1.99. The van der Waals surface area contributed by atoms with Gasteiger partial charge >= 0.3 is 0 Å². The molecule has 3 N–H and O–H groups in total. The lowest BCUT2D eigenvalue weighted by molar-refractivity contribution is 0.501. The van der Waals surface area contributed by atoms with Crippen molar-refractivity contribution >= 4 is 11.8 Å². The molecule has 1 saturated carbocycles. The first kappa shape index (κ1) is 12.3. The quantitative estimate of drug-likeness (QED) is 0.639. The molecule has 1 aliphatic rings. The van der Waals surface area contributed by atoms with Crippen LogP contribution in [0.2, 0.25) is 0 Å². The molecule has 84 valence electrons. The molecule has 0 amide bonds. The summed E-state index contributed by atoms with van der Waals surface area (Å²) in [6.07, 6.45) is 9.92. The zero-order valence-electron chi connectivity index (χ0n) is 9.30. The number of unbranched alkanes of at least 4 members (excludes halogenated alkanes) is 2. The molecule has 0 aromatic rings. The van der Waals surface area contributed by atoms with Crippen molar-refractivity contribution in [2.75, 3.05) is 18.6 Å². The molecular formula is C11H24N2S. The van der Waals surface area contributed by atoms with Crippen molar-refractivity contribution in [3.8, 4) is 0 Å². The average molecular weight is 216 g/mol. The van der Waals surface area contributed by atoms with Crippen LogP contribution in [0.25, 0.3) is 0 Å². The number of nitrogens with one attached hydrogen (secondary N) is 1. The van der Waals surface area contributed by atoms with Crippen LogP contribution in [-0.4, -0.2) is 30.6 Å². The molecule has 14 heavy (non-hydrogen) atoms. The molecule has 1 aliphatic carbocycles. The predicted molar refractivity (Wildman–Crippen MR) is 65.9 cm³/mol. The number of nitrogens with two attached hydrogens (primary N) is 1. The topological polar surface area (TPSA) is 38.0 Å².